The summed E-state index contributed by atoms with van der Waals surface area (Å²) in [5.41, 5.74) is 0. The summed E-state index contributed by atoms with van der Waals surface area (Å²) < 4.78 is 19.0. The van der Waals surface area contributed by atoms with E-state index in [9.17, 15) is 19.2 Å². The van der Waals surface area contributed by atoms with Crippen LogP contribution in [-0.4, -0.2) is 49.3 Å². The predicted molar refractivity (Wildman–Crippen MR) is 62.3 cm³/mol. The number of carbonyl (C=O) groups is 4. The molecule has 0 unspecified atom stereocenters. The van der Waals surface area contributed by atoms with E-state index in [1.807, 2.05) is 0 Å². The van der Waals surface area contributed by atoms with E-state index < -0.39 is 36.1 Å². The maximum absolute atomic E-state index is 11.4. The van der Waals surface area contributed by atoms with Crippen LogP contribution in [0.15, 0.2) is 0 Å². The second-order valence-electron chi connectivity index (χ2n) is 4.10. The van der Waals surface area contributed by atoms with Crippen molar-refractivity contribution in [1.82, 2.24) is 0 Å². The fourth-order valence-electron chi connectivity index (χ4n) is 1.31. The number of hydrogen-bond acceptors (Lipinski definition) is 8. The molecule has 2 atom stereocenters. The lowest BCUT2D eigenvalue weighted by Gasteiger charge is -2.16. The lowest BCUT2D eigenvalue weighted by Crippen LogP contribution is -2.31. The van der Waals surface area contributed by atoms with Gasteiger partial charge in [-0.15, -0.1) is 0 Å². The molecule has 1 fully saturated rings. The molecule has 0 radical (unpaired) electrons. The molecule has 0 aliphatic carbocycles. The summed E-state index contributed by atoms with van der Waals surface area (Å²) >= 11 is 0. The van der Waals surface area contributed by atoms with Gasteiger partial charge in [0.2, 0.25) is 0 Å². The van der Waals surface area contributed by atoms with Crippen LogP contribution in [0.3, 0.4) is 0 Å². The summed E-state index contributed by atoms with van der Waals surface area (Å²) in [6, 6.07) is 0. The van der Waals surface area contributed by atoms with Crippen LogP contribution < -0.4 is 0 Å². The zero-order valence-corrected chi connectivity index (χ0v) is 11.2. The number of carbonyl (C=O) groups excluding carboxylic acids is 4. The molecule has 0 amide bonds. The molecule has 0 N–H and O–H groups in total. The smallest absolute Gasteiger partial charge is 0.347 e. The maximum Gasteiger partial charge on any atom is 0.347 e. The topological polar surface area (TPSA) is 105 Å². The number of ether oxygens (including phenoxy) is 4. The quantitative estimate of drug-likeness (QED) is 0.443. The van der Waals surface area contributed by atoms with Gasteiger partial charge in [0.05, 0.1) is 12.8 Å². The minimum atomic E-state index is -1.09. The second-order valence-corrected chi connectivity index (χ2v) is 4.10. The Balaban J connectivity index is 2.64. The van der Waals surface area contributed by atoms with Crippen LogP contribution in [-0.2, 0) is 38.1 Å². The van der Waals surface area contributed by atoms with Crippen molar-refractivity contribution < 1.29 is 38.1 Å². The number of cyclic esters (lactones) is 4. The first kappa shape index (κ1) is 15.9. The Morgan fingerprint density at radius 1 is 0.750 bits per heavy atom. The van der Waals surface area contributed by atoms with E-state index in [1.54, 1.807) is 0 Å². The Morgan fingerprint density at radius 3 is 1.45 bits per heavy atom. The van der Waals surface area contributed by atoms with Gasteiger partial charge >= 0.3 is 23.9 Å². The first-order valence-electron chi connectivity index (χ1n) is 6.12. The van der Waals surface area contributed by atoms with Gasteiger partial charge in [0.15, 0.2) is 12.2 Å². The second kappa shape index (κ2) is 7.46. The molecule has 1 rings (SSSR count). The van der Waals surface area contributed by atoms with Crippen molar-refractivity contribution in [3.8, 4) is 0 Å². The Labute approximate surface area is 115 Å². The molecular formula is C12H16O8. The van der Waals surface area contributed by atoms with Gasteiger partial charge in [-0.05, 0) is 13.8 Å². The van der Waals surface area contributed by atoms with Crippen LogP contribution in [0.5, 0.6) is 0 Å². The SMILES string of the molecule is C[C@H]1OC(=O)CCOC(=O)[C@@H](C)OC(=O)CCOC1=O. The van der Waals surface area contributed by atoms with Gasteiger partial charge in [-0.3, -0.25) is 9.59 Å². The summed E-state index contributed by atoms with van der Waals surface area (Å²) in [5.74, 6) is -2.89. The van der Waals surface area contributed by atoms with Crippen LogP contribution in [0, 0.1) is 0 Å². The van der Waals surface area contributed by atoms with Crippen LogP contribution in [0.1, 0.15) is 26.7 Å². The van der Waals surface area contributed by atoms with Crippen molar-refractivity contribution in [2.45, 2.75) is 38.9 Å². The molecule has 1 heterocycles. The lowest BCUT2D eigenvalue weighted by molar-refractivity contribution is -0.174. The van der Waals surface area contributed by atoms with Crippen molar-refractivity contribution >= 4 is 23.9 Å². The van der Waals surface area contributed by atoms with Gasteiger partial charge in [-0.2, -0.15) is 0 Å². The van der Waals surface area contributed by atoms with Crippen LogP contribution >= 0.6 is 0 Å². The average Bonchev–Trinajstić information content (AvgIpc) is 2.37. The van der Waals surface area contributed by atoms with Crippen LogP contribution in [0.4, 0.5) is 0 Å². The summed E-state index contributed by atoms with van der Waals surface area (Å²) in [4.78, 5) is 45.5. The van der Waals surface area contributed by atoms with E-state index in [4.69, 9.17) is 18.9 Å². The molecule has 20 heavy (non-hydrogen) atoms. The standard InChI is InChI=1S/C12H16O8/c1-7-11(15)17-5-4-10(14)20-8(2)12(16)18-6-3-9(13)19-7/h7-8H,3-6H2,1-2H3/t7-,8-/m1/s1. The van der Waals surface area contributed by atoms with Gasteiger partial charge in [0, 0.05) is 0 Å². The van der Waals surface area contributed by atoms with E-state index in [1.165, 1.54) is 13.8 Å². The van der Waals surface area contributed by atoms with Gasteiger partial charge in [0.1, 0.15) is 13.2 Å². The van der Waals surface area contributed by atoms with E-state index in [2.05, 4.69) is 0 Å². The molecule has 112 valence electrons. The lowest BCUT2D eigenvalue weighted by atomic mass is 10.3. The van der Waals surface area contributed by atoms with E-state index in [0.29, 0.717) is 0 Å². The normalized spacial score (nSPS) is 26.7. The van der Waals surface area contributed by atoms with Crippen LogP contribution in [0.25, 0.3) is 0 Å². The number of hydrogen-bond donors (Lipinski definition) is 0. The predicted octanol–water partition coefficient (Wildman–Crippen LogP) is -0.270. The van der Waals surface area contributed by atoms with Crippen molar-refractivity contribution in [3.05, 3.63) is 0 Å². The molecule has 0 spiro atoms. The highest BCUT2D eigenvalue weighted by atomic mass is 16.6. The molecule has 1 aliphatic heterocycles. The zero-order valence-electron chi connectivity index (χ0n) is 11.2. The summed E-state index contributed by atoms with van der Waals surface area (Å²) in [6.45, 7) is 2.25. The molecule has 0 aromatic carbocycles. The summed E-state index contributed by atoms with van der Waals surface area (Å²) in [6.07, 6.45) is -2.58. The molecule has 1 aliphatic rings. The third kappa shape index (κ3) is 5.25. The molecule has 8 heteroatoms. The zero-order chi connectivity index (χ0) is 15.1. The third-order valence-corrected chi connectivity index (χ3v) is 2.38. The highest BCUT2D eigenvalue weighted by Gasteiger charge is 2.23. The minimum Gasteiger partial charge on any atom is -0.462 e. The highest BCUT2D eigenvalue weighted by Crippen LogP contribution is 2.04. The van der Waals surface area contributed by atoms with Gasteiger partial charge < -0.3 is 18.9 Å². The first-order chi connectivity index (χ1) is 9.40. The largest absolute Gasteiger partial charge is 0.462 e. The van der Waals surface area contributed by atoms with Crippen molar-refractivity contribution in [1.29, 1.82) is 0 Å². The molecule has 0 aromatic heterocycles. The summed E-state index contributed by atoms with van der Waals surface area (Å²) in [7, 11) is 0. The Hall–Kier alpha value is -2.12. The van der Waals surface area contributed by atoms with Crippen molar-refractivity contribution in [2.24, 2.45) is 0 Å². The third-order valence-electron chi connectivity index (χ3n) is 2.38. The van der Waals surface area contributed by atoms with E-state index in [0.717, 1.165) is 0 Å². The van der Waals surface area contributed by atoms with Gasteiger partial charge in [-0.1, -0.05) is 0 Å². The molecule has 0 bridgehead atoms. The molecule has 8 nitrogen and oxygen atoms in total. The van der Waals surface area contributed by atoms with Gasteiger partial charge in [-0.25, -0.2) is 9.59 Å². The maximum atomic E-state index is 11.4. The number of esters is 4. The Morgan fingerprint density at radius 2 is 1.10 bits per heavy atom. The van der Waals surface area contributed by atoms with E-state index >= 15 is 0 Å². The highest BCUT2D eigenvalue weighted by molar-refractivity contribution is 5.81. The van der Waals surface area contributed by atoms with Crippen molar-refractivity contribution in [2.75, 3.05) is 13.2 Å². The molecule has 0 saturated carbocycles. The fourth-order valence-corrected chi connectivity index (χ4v) is 1.31. The van der Waals surface area contributed by atoms with E-state index in [-0.39, 0.29) is 26.1 Å². The van der Waals surface area contributed by atoms with Crippen LogP contribution in [0.2, 0.25) is 0 Å². The summed E-state index contributed by atoms with van der Waals surface area (Å²) in [5, 5.41) is 0. The Bertz CT molecular complexity index is 364. The first-order valence-corrected chi connectivity index (χ1v) is 6.12. The monoisotopic (exact) mass is 288 g/mol. The molecule has 0 aromatic rings. The van der Waals surface area contributed by atoms with Gasteiger partial charge in [0.25, 0.3) is 0 Å². The molecular weight excluding hydrogens is 272 g/mol. The Kier molecular flexibility index (Phi) is 5.95. The average molecular weight is 288 g/mol. The fraction of sp³-hybridized carbons (Fsp3) is 0.667. The molecule has 1 saturated heterocycles. The van der Waals surface area contributed by atoms with Crippen molar-refractivity contribution in [3.63, 3.8) is 0 Å². The minimum absolute atomic E-state index is 0.204. The number of rotatable bonds is 0.